The summed E-state index contributed by atoms with van der Waals surface area (Å²) in [7, 11) is 0. The van der Waals surface area contributed by atoms with E-state index in [1.807, 2.05) is 0 Å². The molecule has 0 saturated heterocycles. The number of rotatable bonds is 1. The SMILES string of the molecule is O=C(O)C1=CC(F)C=C2C(=O)c3cccc(F)c3N=C12. The number of Topliss-reactive ketones (excluding diaryl/α,β-unsaturated/α-hetero) is 1. The van der Waals surface area contributed by atoms with Crippen molar-refractivity contribution in [2.75, 3.05) is 0 Å². The van der Waals surface area contributed by atoms with E-state index < -0.39 is 29.3 Å². The standard InChI is InChI=1S/C14H7F2NO3/c15-6-4-8-11(9(5-6)14(19)20)17-12-7(13(8)18)2-1-3-10(12)16/h1-6H,(H,19,20). The zero-order valence-electron chi connectivity index (χ0n) is 9.93. The predicted octanol–water partition coefficient (Wildman–Crippen LogP) is 2.38. The molecule has 0 fully saturated rings. The molecule has 0 saturated carbocycles. The number of fused-ring (bicyclic) bond motifs is 2. The fraction of sp³-hybridized carbons (Fsp3) is 0.0714. The van der Waals surface area contributed by atoms with Crippen molar-refractivity contribution in [3.63, 3.8) is 0 Å². The van der Waals surface area contributed by atoms with Gasteiger partial charge in [-0.3, -0.25) is 4.79 Å². The van der Waals surface area contributed by atoms with E-state index in [1.54, 1.807) is 0 Å². The second-order valence-electron chi connectivity index (χ2n) is 4.34. The Kier molecular flexibility index (Phi) is 2.60. The van der Waals surface area contributed by atoms with Gasteiger partial charge in [0.15, 0.2) is 5.78 Å². The number of aliphatic imine (C=N–C) groups is 1. The fourth-order valence-electron chi connectivity index (χ4n) is 2.21. The van der Waals surface area contributed by atoms with Crippen LogP contribution in [0.15, 0.2) is 46.5 Å². The Balaban J connectivity index is 2.29. The van der Waals surface area contributed by atoms with Crippen molar-refractivity contribution >= 4 is 23.2 Å². The zero-order valence-corrected chi connectivity index (χ0v) is 9.93. The lowest BCUT2D eigenvalue weighted by atomic mass is 9.86. The van der Waals surface area contributed by atoms with Crippen molar-refractivity contribution in [1.82, 2.24) is 0 Å². The molecule has 1 atom stereocenters. The van der Waals surface area contributed by atoms with Gasteiger partial charge in [-0.2, -0.15) is 0 Å². The minimum absolute atomic E-state index is 0.00108. The molecule has 6 heteroatoms. The summed E-state index contributed by atoms with van der Waals surface area (Å²) in [6.45, 7) is 0. The van der Waals surface area contributed by atoms with Gasteiger partial charge in [-0.1, -0.05) is 6.07 Å². The van der Waals surface area contributed by atoms with Gasteiger partial charge in [0.25, 0.3) is 0 Å². The first-order chi connectivity index (χ1) is 9.49. The topological polar surface area (TPSA) is 66.7 Å². The van der Waals surface area contributed by atoms with Crippen LogP contribution < -0.4 is 0 Å². The number of para-hydroxylation sites is 1. The molecule has 0 amide bonds. The van der Waals surface area contributed by atoms with Gasteiger partial charge in [0.2, 0.25) is 0 Å². The Bertz CT molecular complexity index is 747. The Morgan fingerprint density at radius 2 is 2.05 bits per heavy atom. The Hall–Kier alpha value is -2.63. The molecule has 1 aromatic rings. The van der Waals surface area contributed by atoms with Crippen molar-refractivity contribution in [2.45, 2.75) is 6.17 Å². The van der Waals surface area contributed by atoms with E-state index in [0.717, 1.165) is 18.2 Å². The maximum atomic E-state index is 13.7. The molecule has 4 nitrogen and oxygen atoms in total. The van der Waals surface area contributed by atoms with Gasteiger partial charge in [0, 0.05) is 5.57 Å². The van der Waals surface area contributed by atoms with Gasteiger partial charge in [0.1, 0.15) is 17.7 Å². The van der Waals surface area contributed by atoms with Crippen molar-refractivity contribution in [1.29, 1.82) is 0 Å². The molecular formula is C14H7F2NO3. The molecule has 20 heavy (non-hydrogen) atoms. The van der Waals surface area contributed by atoms with Crippen molar-refractivity contribution in [3.8, 4) is 0 Å². The molecule has 1 aliphatic heterocycles. The van der Waals surface area contributed by atoms with Crippen molar-refractivity contribution < 1.29 is 23.5 Å². The van der Waals surface area contributed by atoms with E-state index >= 15 is 0 Å². The van der Waals surface area contributed by atoms with E-state index in [1.165, 1.54) is 12.1 Å². The Morgan fingerprint density at radius 3 is 2.75 bits per heavy atom. The second-order valence-corrected chi connectivity index (χ2v) is 4.34. The lowest BCUT2D eigenvalue weighted by Crippen LogP contribution is -2.27. The highest BCUT2D eigenvalue weighted by Crippen LogP contribution is 2.34. The number of carboxylic acids is 1. The molecule has 0 radical (unpaired) electrons. The highest BCUT2D eigenvalue weighted by atomic mass is 19.1. The third kappa shape index (κ3) is 1.69. The lowest BCUT2D eigenvalue weighted by Gasteiger charge is -2.21. The summed E-state index contributed by atoms with van der Waals surface area (Å²) in [6.07, 6.45) is 0.139. The smallest absolute Gasteiger partial charge is 0.337 e. The van der Waals surface area contributed by atoms with Crippen LogP contribution in [0.3, 0.4) is 0 Å². The molecule has 0 aromatic heterocycles. The van der Waals surface area contributed by atoms with E-state index in [2.05, 4.69) is 4.99 Å². The molecule has 1 aromatic carbocycles. The average Bonchev–Trinajstić information content (AvgIpc) is 2.40. The third-order valence-corrected chi connectivity index (χ3v) is 3.09. The summed E-state index contributed by atoms with van der Waals surface area (Å²) in [5, 5.41) is 9.05. The first kappa shape index (κ1) is 12.4. The van der Waals surface area contributed by atoms with Crippen LogP contribution >= 0.6 is 0 Å². The summed E-state index contributed by atoms with van der Waals surface area (Å²) >= 11 is 0. The van der Waals surface area contributed by atoms with Crippen LogP contribution in [-0.4, -0.2) is 28.7 Å². The van der Waals surface area contributed by atoms with E-state index in [0.29, 0.717) is 0 Å². The highest BCUT2D eigenvalue weighted by Gasteiger charge is 2.34. The van der Waals surface area contributed by atoms with Crippen LogP contribution in [0.5, 0.6) is 0 Å². The largest absolute Gasteiger partial charge is 0.478 e. The number of hydrogen-bond acceptors (Lipinski definition) is 3. The maximum absolute atomic E-state index is 13.7. The molecule has 1 aliphatic carbocycles. The van der Waals surface area contributed by atoms with Crippen LogP contribution in [0, 0.1) is 5.82 Å². The van der Waals surface area contributed by atoms with E-state index in [-0.39, 0.29) is 22.5 Å². The number of hydrogen-bond donors (Lipinski definition) is 1. The molecule has 2 aliphatic rings. The summed E-state index contributed by atoms with van der Waals surface area (Å²) in [4.78, 5) is 27.2. The van der Waals surface area contributed by atoms with Gasteiger partial charge in [-0.05, 0) is 24.3 Å². The normalized spacial score (nSPS) is 20.4. The number of alkyl halides is 1. The van der Waals surface area contributed by atoms with Crippen LogP contribution in [0.4, 0.5) is 14.5 Å². The Labute approximate surface area is 111 Å². The zero-order chi connectivity index (χ0) is 14.4. The lowest BCUT2D eigenvalue weighted by molar-refractivity contribution is -0.132. The molecule has 1 heterocycles. The van der Waals surface area contributed by atoms with Gasteiger partial charge in [-0.15, -0.1) is 0 Å². The molecule has 1 N–H and O–H groups in total. The summed E-state index contributed by atoms with van der Waals surface area (Å²) in [5.74, 6) is -2.77. The minimum Gasteiger partial charge on any atom is -0.478 e. The third-order valence-electron chi connectivity index (χ3n) is 3.09. The molecule has 0 bridgehead atoms. The monoisotopic (exact) mass is 275 g/mol. The van der Waals surface area contributed by atoms with E-state index in [4.69, 9.17) is 5.11 Å². The number of benzene rings is 1. The second kappa shape index (κ2) is 4.19. The summed E-state index contributed by atoms with van der Waals surface area (Å²) in [5.41, 5.74) is -0.991. The first-order valence-corrected chi connectivity index (χ1v) is 5.72. The summed E-state index contributed by atoms with van der Waals surface area (Å²) < 4.78 is 27.2. The van der Waals surface area contributed by atoms with Gasteiger partial charge in [0.05, 0.1) is 16.8 Å². The highest BCUT2D eigenvalue weighted by molar-refractivity contribution is 6.41. The quantitative estimate of drug-likeness (QED) is 0.855. The number of allylic oxidation sites excluding steroid dienone is 3. The number of carbonyl (C=O) groups is 2. The van der Waals surface area contributed by atoms with Crippen LogP contribution in [0.25, 0.3) is 0 Å². The predicted molar refractivity (Wildman–Crippen MR) is 66.5 cm³/mol. The minimum atomic E-state index is -1.69. The number of carboxylic acid groups (broad SMARTS) is 1. The van der Waals surface area contributed by atoms with Crippen LogP contribution in [0.2, 0.25) is 0 Å². The van der Waals surface area contributed by atoms with Gasteiger partial charge >= 0.3 is 5.97 Å². The molecule has 3 rings (SSSR count). The fourth-order valence-corrected chi connectivity index (χ4v) is 2.21. The number of carbonyl (C=O) groups excluding carboxylic acids is 1. The first-order valence-electron chi connectivity index (χ1n) is 5.72. The number of aliphatic carboxylic acids is 1. The van der Waals surface area contributed by atoms with Gasteiger partial charge in [-0.25, -0.2) is 18.6 Å². The van der Waals surface area contributed by atoms with Crippen LogP contribution in [0.1, 0.15) is 10.4 Å². The number of nitrogens with zero attached hydrogens (tertiary/aromatic N) is 1. The maximum Gasteiger partial charge on any atom is 0.337 e. The van der Waals surface area contributed by atoms with E-state index in [9.17, 15) is 18.4 Å². The van der Waals surface area contributed by atoms with Crippen molar-refractivity contribution in [2.24, 2.45) is 4.99 Å². The summed E-state index contributed by atoms with van der Waals surface area (Å²) in [6, 6.07) is 3.83. The van der Waals surface area contributed by atoms with Crippen molar-refractivity contribution in [3.05, 3.63) is 52.9 Å². The van der Waals surface area contributed by atoms with Crippen LogP contribution in [-0.2, 0) is 4.79 Å². The molecule has 1 unspecified atom stereocenters. The number of ketones is 1. The molecular weight excluding hydrogens is 268 g/mol. The number of halogens is 2. The molecule has 0 spiro atoms. The molecule has 100 valence electrons. The van der Waals surface area contributed by atoms with Gasteiger partial charge < -0.3 is 5.11 Å². The Morgan fingerprint density at radius 1 is 1.30 bits per heavy atom. The average molecular weight is 275 g/mol.